The van der Waals surface area contributed by atoms with Crippen LogP contribution in [0.15, 0.2) is 42.7 Å². The number of anilines is 1. The van der Waals surface area contributed by atoms with Gasteiger partial charge in [-0.25, -0.2) is 4.39 Å². The molecule has 19 heavy (non-hydrogen) atoms. The van der Waals surface area contributed by atoms with Crippen LogP contribution in [0.4, 0.5) is 10.1 Å². The van der Waals surface area contributed by atoms with Crippen molar-refractivity contribution >= 4 is 5.69 Å². The Labute approximate surface area is 112 Å². The molecule has 0 fully saturated rings. The van der Waals surface area contributed by atoms with Crippen molar-refractivity contribution in [3.05, 3.63) is 59.7 Å². The number of hydrogen-bond donors (Lipinski definition) is 1. The molecule has 0 atom stereocenters. The standard InChI is InChI=1S/C15H18FN3/c1-2-19(10-12-3-5-15(17)6-4-12)11-13-7-14(16)9-18-8-13/h3-9H,2,10-11,17H2,1H3. The fourth-order valence-corrected chi connectivity index (χ4v) is 1.96. The first kappa shape index (κ1) is 13.5. The number of nitrogens with two attached hydrogens (primary N) is 1. The highest BCUT2D eigenvalue weighted by Crippen LogP contribution is 2.11. The third kappa shape index (κ3) is 4.03. The zero-order chi connectivity index (χ0) is 13.7. The van der Waals surface area contributed by atoms with E-state index in [0.29, 0.717) is 6.54 Å². The van der Waals surface area contributed by atoms with Gasteiger partial charge in [-0.1, -0.05) is 19.1 Å². The van der Waals surface area contributed by atoms with Gasteiger partial charge in [0.25, 0.3) is 0 Å². The number of nitrogen functional groups attached to an aromatic ring is 1. The van der Waals surface area contributed by atoms with Crippen molar-refractivity contribution in [3.63, 3.8) is 0 Å². The maximum atomic E-state index is 13.1. The quantitative estimate of drug-likeness (QED) is 0.840. The highest BCUT2D eigenvalue weighted by molar-refractivity contribution is 5.39. The van der Waals surface area contributed by atoms with Gasteiger partial charge in [0.15, 0.2) is 0 Å². The maximum Gasteiger partial charge on any atom is 0.141 e. The van der Waals surface area contributed by atoms with Gasteiger partial charge >= 0.3 is 0 Å². The van der Waals surface area contributed by atoms with Gasteiger partial charge in [-0.15, -0.1) is 0 Å². The van der Waals surface area contributed by atoms with E-state index in [2.05, 4.69) is 16.8 Å². The lowest BCUT2D eigenvalue weighted by Crippen LogP contribution is -2.22. The van der Waals surface area contributed by atoms with Gasteiger partial charge in [0.2, 0.25) is 0 Å². The Balaban J connectivity index is 2.02. The first-order chi connectivity index (χ1) is 9.17. The van der Waals surface area contributed by atoms with Gasteiger partial charge in [-0.2, -0.15) is 0 Å². The lowest BCUT2D eigenvalue weighted by Gasteiger charge is -2.20. The largest absolute Gasteiger partial charge is 0.399 e. The number of hydrogen-bond acceptors (Lipinski definition) is 3. The number of rotatable bonds is 5. The normalized spacial score (nSPS) is 10.9. The Morgan fingerprint density at radius 2 is 1.79 bits per heavy atom. The molecule has 1 aromatic carbocycles. The smallest absolute Gasteiger partial charge is 0.141 e. The van der Waals surface area contributed by atoms with Gasteiger partial charge in [0.05, 0.1) is 6.20 Å². The molecule has 100 valence electrons. The first-order valence-electron chi connectivity index (χ1n) is 6.33. The molecule has 0 amide bonds. The zero-order valence-corrected chi connectivity index (χ0v) is 11.0. The van der Waals surface area contributed by atoms with Crippen molar-refractivity contribution in [1.82, 2.24) is 9.88 Å². The molecule has 0 unspecified atom stereocenters. The van der Waals surface area contributed by atoms with E-state index in [1.165, 1.54) is 17.8 Å². The summed E-state index contributed by atoms with van der Waals surface area (Å²) in [6.07, 6.45) is 2.93. The van der Waals surface area contributed by atoms with Crippen molar-refractivity contribution in [3.8, 4) is 0 Å². The summed E-state index contributed by atoms with van der Waals surface area (Å²) in [5.41, 5.74) is 8.51. The molecule has 0 bridgehead atoms. The fourth-order valence-electron chi connectivity index (χ4n) is 1.96. The molecule has 0 saturated carbocycles. The van der Waals surface area contributed by atoms with Gasteiger partial charge in [0, 0.05) is 25.0 Å². The van der Waals surface area contributed by atoms with Crippen LogP contribution in [0.5, 0.6) is 0 Å². The van der Waals surface area contributed by atoms with Crippen molar-refractivity contribution in [2.45, 2.75) is 20.0 Å². The van der Waals surface area contributed by atoms with E-state index >= 15 is 0 Å². The first-order valence-corrected chi connectivity index (χ1v) is 6.33. The number of pyridine rings is 1. The van der Waals surface area contributed by atoms with E-state index < -0.39 is 0 Å². The Hall–Kier alpha value is -1.94. The van der Waals surface area contributed by atoms with Crippen LogP contribution in [0, 0.1) is 5.82 Å². The van der Waals surface area contributed by atoms with Crippen LogP contribution in [0.3, 0.4) is 0 Å². The predicted molar refractivity (Wildman–Crippen MR) is 74.8 cm³/mol. The van der Waals surface area contributed by atoms with Crippen LogP contribution in [0.25, 0.3) is 0 Å². The molecule has 0 aliphatic carbocycles. The van der Waals surface area contributed by atoms with E-state index in [-0.39, 0.29) is 5.82 Å². The van der Waals surface area contributed by atoms with Crippen LogP contribution in [-0.2, 0) is 13.1 Å². The summed E-state index contributed by atoms with van der Waals surface area (Å²) in [6, 6.07) is 9.35. The van der Waals surface area contributed by atoms with Crippen molar-refractivity contribution < 1.29 is 4.39 Å². The number of benzene rings is 1. The molecular formula is C15H18FN3. The summed E-state index contributed by atoms with van der Waals surface area (Å²) in [5, 5.41) is 0. The average Bonchev–Trinajstić information content (AvgIpc) is 2.40. The summed E-state index contributed by atoms with van der Waals surface area (Å²) in [7, 11) is 0. The van der Waals surface area contributed by atoms with Crippen molar-refractivity contribution in [1.29, 1.82) is 0 Å². The minimum Gasteiger partial charge on any atom is -0.399 e. The molecule has 2 rings (SSSR count). The minimum absolute atomic E-state index is 0.291. The molecule has 0 radical (unpaired) electrons. The van der Waals surface area contributed by atoms with Gasteiger partial charge in [-0.05, 0) is 35.9 Å². The SMILES string of the molecule is CCN(Cc1ccc(N)cc1)Cc1cncc(F)c1. The minimum atomic E-state index is -0.291. The molecule has 4 heteroatoms. The third-order valence-electron chi connectivity index (χ3n) is 3.00. The van der Waals surface area contributed by atoms with Gasteiger partial charge < -0.3 is 5.73 Å². The van der Waals surface area contributed by atoms with Crippen LogP contribution >= 0.6 is 0 Å². The van der Waals surface area contributed by atoms with E-state index in [1.54, 1.807) is 6.20 Å². The second-order valence-corrected chi connectivity index (χ2v) is 4.56. The highest BCUT2D eigenvalue weighted by Gasteiger charge is 2.06. The maximum absolute atomic E-state index is 13.1. The fraction of sp³-hybridized carbons (Fsp3) is 0.267. The van der Waals surface area contributed by atoms with E-state index in [1.807, 2.05) is 24.3 Å². The molecule has 0 spiro atoms. The van der Waals surface area contributed by atoms with Crippen molar-refractivity contribution in [2.75, 3.05) is 12.3 Å². The summed E-state index contributed by atoms with van der Waals surface area (Å²) in [4.78, 5) is 6.10. The lowest BCUT2D eigenvalue weighted by atomic mass is 10.2. The Kier molecular flexibility index (Phi) is 4.47. The topological polar surface area (TPSA) is 42.1 Å². The zero-order valence-electron chi connectivity index (χ0n) is 11.0. The van der Waals surface area contributed by atoms with E-state index in [0.717, 1.165) is 24.3 Å². The Morgan fingerprint density at radius 1 is 1.11 bits per heavy atom. The summed E-state index contributed by atoms with van der Waals surface area (Å²) >= 11 is 0. The Morgan fingerprint density at radius 3 is 2.42 bits per heavy atom. The molecule has 2 aromatic rings. The van der Waals surface area contributed by atoms with E-state index in [9.17, 15) is 4.39 Å². The lowest BCUT2D eigenvalue weighted by molar-refractivity contribution is 0.270. The predicted octanol–water partition coefficient (Wildman–Crippen LogP) is 2.83. The van der Waals surface area contributed by atoms with Crippen LogP contribution in [0.2, 0.25) is 0 Å². The second kappa shape index (κ2) is 6.29. The average molecular weight is 259 g/mol. The van der Waals surface area contributed by atoms with Crippen LogP contribution in [-0.4, -0.2) is 16.4 Å². The second-order valence-electron chi connectivity index (χ2n) is 4.56. The highest BCUT2D eigenvalue weighted by atomic mass is 19.1. The molecule has 2 N–H and O–H groups in total. The number of halogens is 1. The number of aromatic nitrogens is 1. The summed E-state index contributed by atoms with van der Waals surface area (Å²) in [5.74, 6) is -0.291. The molecule has 1 aromatic heterocycles. The van der Waals surface area contributed by atoms with E-state index in [4.69, 9.17) is 5.73 Å². The molecule has 1 heterocycles. The molecular weight excluding hydrogens is 241 g/mol. The summed E-state index contributed by atoms with van der Waals surface area (Å²) < 4.78 is 13.1. The van der Waals surface area contributed by atoms with Gasteiger partial charge in [-0.3, -0.25) is 9.88 Å². The Bertz CT molecular complexity index is 525. The van der Waals surface area contributed by atoms with Gasteiger partial charge in [0.1, 0.15) is 5.82 Å². The van der Waals surface area contributed by atoms with Crippen LogP contribution < -0.4 is 5.73 Å². The van der Waals surface area contributed by atoms with Crippen LogP contribution in [0.1, 0.15) is 18.1 Å². The molecule has 3 nitrogen and oxygen atoms in total. The van der Waals surface area contributed by atoms with Crippen molar-refractivity contribution in [2.24, 2.45) is 0 Å². The molecule has 0 saturated heterocycles. The third-order valence-corrected chi connectivity index (χ3v) is 3.00. The number of nitrogens with zero attached hydrogens (tertiary/aromatic N) is 2. The molecule has 0 aliphatic rings. The monoisotopic (exact) mass is 259 g/mol. The summed E-state index contributed by atoms with van der Waals surface area (Å²) in [6.45, 7) is 4.48. The molecule has 0 aliphatic heterocycles.